The number of carbonyl (C=O) groups is 1. The van der Waals surface area contributed by atoms with Crippen LogP contribution in [0.25, 0.3) is 33.1 Å². The van der Waals surface area contributed by atoms with Crippen LogP contribution in [0.2, 0.25) is 5.02 Å². The Bertz CT molecular complexity index is 2810. The number of H-pyrrole nitrogens is 1. The summed E-state index contributed by atoms with van der Waals surface area (Å²) in [5.41, 5.74) is 4.33. The highest BCUT2D eigenvalue weighted by molar-refractivity contribution is 6.30. The number of benzene rings is 4. The van der Waals surface area contributed by atoms with E-state index < -0.39 is 29.6 Å². The summed E-state index contributed by atoms with van der Waals surface area (Å²) < 4.78 is 62.9. The standard InChI is InChI=1S/C41H30ClF3N8O3/c1-3-52-20-46-18-26(52)19-53-35-10-8-25(48-40(54)23-11-28-21(2)50-51-38(28)32(45)14-23)15-34(35)49-37(53)16-29-30(43)12-22(13-31(29)44)27-5-4-6-36-39(27)56-41(55-36)33-9-7-24(42)17-47-33/h4-15,17-18,20,41H,3,16,19H2,1-2H3,(H,48,54)(H,50,51)/t41-/m1/s1. The van der Waals surface area contributed by atoms with Crippen LogP contribution >= 0.6 is 11.6 Å². The molecular formula is C41H30ClF3N8O3. The minimum Gasteiger partial charge on any atom is -0.445 e. The van der Waals surface area contributed by atoms with Crippen molar-refractivity contribution in [2.45, 2.75) is 39.6 Å². The van der Waals surface area contributed by atoms with E-state index in [1.54, 1.807) is 74.0 Å². The number of anilines is 1. The molecule has 0 unspecified atom stereocenters. The molecule has 0 spiro atoms. The van der Waals surface area contributed by atoms with Crippen molar-refractivity contribution in [1.82, 2.24) is 34.3 Å². The van der Waals surface area contributed by atoms with E-state index in [-0.39, 0.29) is 28.6 Å². The predicted molar refractivity (Wildman–Crippen MR) is 203 cm³/mol. The lowest BCUT2D eigenvalue weighted by Gasteiger charge is -2.13. The maximum Gasteiger partial charge on any atom is 0.284 e. The number of hydrogen-bond donors (Lipinski definition) is 2. The van der Waals surface area contributed by atoms with Crippen molar-refractivity contribution in [2.75, 3.05) is 5.32 Å². The second kappa shape index (κ2) is 13.9. The van der Waals surface area contributed by atoms with E-state index >= 15 is 8.78 Å². The van der Waals surface area contributed by atoms with Crippen LogP contribution in [0.4, 0.5) is 18.9 Å². The Hall–Kier alpha value is -6.67. The van der Waals surface area contributed by atoms with Gasteiger partial charge in [-0.25, -0.2) is 23.1 Å². The van der Waals surface area contributed by atoms with E-state index in [4.69, 9.17) is 26.1 Å². The molecule has 2 N–H and O–H groups in total. The van der Waals surface area contributed by atoms with E-state index in [0.29, 0.717) is 74.5 Å². The molecule has 0 aliphatic carbocycles. The number of hydrogen-bond acceptors (Lipinski definition) is 7. The smallest absolute Gasteiger partial charge is 0.284 e. The van der Waals surface area contributed by atoms with Gasteiger partial charge in [0.25, 0.3) is 12.2 Å². The molecule has 5 heterocycles. The summed E-state index contributed by atoms with van der Waals surface area (Å²) >= 11 is 5.99. The quantitative estimate of drug-likeness (QED) is 0.150. The molecule has 1 aliphatic rings. The Kier molecular flexibility index (Phi) is 8.69. The van der Waals surface area contributed by atoms with Gasteiger partial charge in [0.1, 0.15) is 34.5 Å². The van der Waals surface area contributed by atoms with E-state index in [0.717, 1.165) is 11.8 Å². The molecule has 1 atom stereocenters. The molecule has 0 saturated carbocycles. The van der Waals surface area contributed by atoms with Crippen LogP contribution in [0.15, 0.2) is 91.5 Å². The number of para-hydroxylation sites is 1. The summed E-state index contributed by atoms with van der Waals surface area (Å²) in [6.45, 7) is 4.69. The summed E-state index contributed by atoms with van der Waals surface area (Å²) in [6, 6.07) is 18.9. The van der Waals surface area contributed by atoms with Crippen LogP contribution < -0.4 is 14.8 Å². The molecule has 4 aromatic carbocycles. The van der Waals surface area contributed by atoms with Crippen molar-refractivity contribution < 1.29 is 27.4 Å². The van der Waals surface area contributed by atoms with Gasteiger partial charge >= 0.3 is 0 Å². The largest absolute Gasteiger partial charge is 0.445 e. The van der Waals surface area contributed by atoms with Gasteiger partial charge in [-0.15, -0.1) is 0 Å². The monoisotopic (exact) mass is 774 g/mol. The third-order valence-corrected chi connectivity index (χ3v) is 10.1. The van der Waals surface area contributed by atoms with Crippen molar-refractivity contribution in [3.8, 4) is 22.6 Å². The van der Waals surface area contributed by atoms with Crippen LogP contribution in [-0.4, -0.2) is 40.2 Å². The lowest BCUT2D eigenvalue weighted by Crippen LogP contribution is -2.12. The van der Waals surface area contributed by atoms with Gasteiger partial charge in [0, 0.05) is 53.1 Å². The fourth-order valence-electron chi connectivity index (χ4n) is 6.97. The summed E-state index contributed by atoms with van der Waals surface area (Å²) in [7, 11) is 0. The van der Waals surface area contributed by atoms with Gasteiger partial charge < -0.3 is 23.9 Å². The van der Waals surface area contributed by atoms with Crippen LogP contribution in [0, 0.1) is 24.4 Å². The molecule has 15 heteroatoms. The van der Waals surface area contributed by atoms with Crippen LogP contribution in [0.5, 0.6) is 11.5 Å². The number of nitrogens with zero attached hydrogens (tertiary/aromatic N) is 6. The third-order valence-electron chi connectivity index (χ3n) is 9.84. The van der Waals surface area contributed by atoms with Gasteiger partial charge in [-0.05, 0) is 80.1 Å². The second-order valence-corrected chi connectivity index (χ2v) is 13.8. The fraction of sp³-hybridized carbons (Fsp3) is 0.146. The number of aromatic amines is 1. The maximum atomic E-state index is 16.1. The van der Waals surface area contributed by atoms with Gasteiger partial charge in [0.2, 0.25) is 0 Å². The molecular weight excluding hydrogens is 745 g/mol. The molecule has 0 fully saturated rings. The van der Waals surface area contributed by atoms with E-state index in [9.17, 15) is 9.18 Å². The summed E-state index contributed by atoms with van der Waals surface area (Å²) in [4.78, 5) is 26.7. The van der Waals surface area contributed by atoms with Crippen molar-refractivity contribution in [1.29, 1.82) is 0 Å². The average molecular weight is 775 g/mol. The number of ether oxygens (including phenoxy) is 2. The average Bonchev–Trinajstić information content (AvgIpc) is 3.99. The van der Waals surface area contributed by atoms with Crippen LogP contribution in [0.1, 0.15) is 52.0 Å². The number of halogens is 4. The number of carbonyl (C=O) groups excluding carboxylic acids is 1. The minimum atomic E-state index is -0.859. The highest BCUT2D eigenvalue weighted by Crippen LogP contribution is 2.47. The topological polar surface area (TPSA) is 125 Å². The molecule has 9 rings (SSSR count). The first kappa shape index (κ1) is 35.1. The third kappa shape index (κ3) is 6.27. The van der Waals surface area contributed by atoms with Gasteiger partial charge in [-0.2, -0.15) is 5.10 Å². The van der Waals surface area contributed by atoms with E-state index in [2.05, 4.69) is 25.5 Å². The molecule has 0 radical (unpaired) electrons. The normalized spacial score (nSPS) is 13.6. The van der Waals surface area contributed by atoms with Crippen molar-refractivity contribution in [3.63, 3.8) is 0 Å². The predicted octanol–water partition coefficient (Wildman–Crippen LogP) is 8.93. The van der Waals surface area contributed by atoms with Gasteiger partial charge in [-0.1, -0.05) is 23.7 Å². The zero-order valence-corrected chi connectivity index (χ0v) is 30.5. The summed E-state index contributed by atoms with van der Waals surface area (Å²) in [5, 5.41) is 10.5. The molecule has 1 aliphatic heterocycles. The Balaban J connectivity index is 1.04. The number of aromatic nitrogens is 7. The summed E-state index contributed by atoms with van der Waals surface area (Å²) in [5.74, 6) is -1.53. The van der Waals surface area contributed by atoms with Crippen molar-refractivity contribution in [2.24, 2.45) is 0 Å². The second-order valence-electron chi connectivity index (χ2n) is 13.3. The molecule has 280 valence electrons. The summed E-state index contributed by atoms with van der Waals surface area (Å²) in [6.07, 6.45) is 3.89. The molecule has 56 heavy (non-hydrogen) atoms. The number of amides is 1. The van der Waals surface area contributed by atoms with Crippen molar-refractivity contribution in [3.05, 3.63) is 148 Å². The Labute approximate surface area is 321 Å². The molecule has 1 amide bonds. The first-order valence-electron chi connectivity index (χ1n) is 17.6. The molecule has 0 bridgehead atoms. The number of pyridine rings is 1. The lowest BCUT2D eigenvalue weighted by molar-refractivity contribution is 0.0450. The Morgan fingerprint density at radius 1 is 0.982 bits per heavy atom. The highest BCUT2D eigenvalue weighted by atomic mass is 35.5. The fourth-order valence-corrected chi connectivity index (χ4v) is 7.08. The molecule has 11 nitrogen and oxygen atoms in total. The molecule has 8 aromatic rings. The van der Waals surface area contributed by atoms with Gasteiger partial charge in [0.05, 0.1) is 40.3 Å². The SMILES string of the molecule is CCn1cncc1Cn1c(Cc2c(F)cc(-c3cccc4c3O[C@H](c3ccc(Cl)cn3)O4)cc2F)nc2cc(NC(=O)c3cc(F)c4[nH]nc(C)c4c3)ccc21. The number of rotatable bonds is 9. The zero-order chi connectivity index (χ0) is 38.7. The van der Waals surface area contributed by atoms with Gasteiger partial charge in [-0.3, -0.25) is 14.9 Å². The lowest BCUT2D eigenvalue weighted by atomic mass is 10.00. The zero-order valence-electron chi connectivity index (χ0n) is 29.8. The van der Waals surface area contributed by atoms with Crippen LogP contribution in [-0.2, 0) is 19.5 Å². The molecule has 0 saturated heterocycles. The molecule has 4 aromatic heterocycles. The number of nitrogens with one attached hydrogen (secondary N) is 2. The van der Waals surface area contributed by atoms with Crippen LogP contribution in [0.3, 0.4) is 0 Å². The number of fused-ring (bicyclic) bond motifs is 3. The number of imidazole rings is 2. The minimum absolute atomic E-state index is 0.117. The maximum absolute atomic E-state index is 16.1. The first-order valence-corrected chi connectivity index (χ1v) is 18.0. The number of aryl methyl sites for hydroxylation is 2. The van der Waals surface area contributed by atoms with E-state index in [1.807, 2.05) is 16.1 Å². The van der Waals surface area contributed by atoms with Gasteiger partial charge in [0.15, 0.2) is 11.5 Å². The highest BCUT2D eigenvalue weighted by Gasteiger charge is 2.30. The first-order chi connectivity index (χ1) is 27.1. The Morgan fingerprint density at radius 2 is 1.82 bits per heavy atom. The van der Waals surface area contributed by atoms with Crippen molar-refractivity contribution >= 4 is 45.1 Å². The van der Waals surface area contributed by atoms with E-state index in [1.165, 1.54) is 18.3 Å². The Morgan fingerprint density at radius 3 is 2.61 bits per heavy atom.